The van der Waals surface area contributed by atoms with Crippen LogP contribution in [0.2, 0.25) is 5.02 Å². The summed E-state index contributed by atoms with van der Waals surface area (Å²) in [4.78, 5) is 4.39. The number of aromatic nitrogens is 2. The van der Waals surface area contributed by atoms with Gasteiger partial charge in [-0.15, -0.1) is 0 Å². The quantitative estimate of drug-likeness (QED) is 0.799. The molecule has 0 N–H and O–H groups in total. The molecular weight excluding hydrogens is 304 g/mol. The van der Waals surface area contributed by atoms with E-state index in [0.29, 0.717) is 11.7 Å². The van der Waals surface area contributed by atoms with E-state index in [2.05, 4.69) is 26.1 Å². The Morgan fingerprint density at radius 1 is 1.41 bits per heavy atom. The van der Waals surface area contributed by atoms with Crippen LogP contribution in [0.15, 0.2) is 22.7 Å². The van der Waals surface area contributed by atoms with Gasteiger partial charge in [0, 0.05) is 21.8 Å². The van der Waals surface area contributed by atoms with Crippen molar-refractivity contribution in [3.8, 4) is 11.4 Å². The summed E-state index contributed by atoms with van der Waals surface area (Å²) >= 11 is 9.53. The van der Waals surface area contributed by atoms with Gasteiger partial charge in [-0.2, -0.15) is 4.98 Å². The second kappa shape index (κ2) is 4.42. The molecule has 0 radical (unpaired) electrons. The molecule has 0 amide bonds. The van der Waals surface area contributed by atoms with Crippen LogP contribution in [-0.4, -0.2) is 10.1 Å². The topological polar surface area (TPSA) is 38.9 Å². The van der Waals surface area contributed by atoms with Gasteiger partial charge in [0.05, 0.1) is 0 Å². The summed E-state index contributed by atoms with van der Waals surface area (Å²) < 4.78 is 5.23. The van der Waals surface area contributed by atoms with Crippen LogP contribution in [0.4, 0.5) is 0 Å². The van der Waals surface area contributed by atoms with Gasteiger partial charge in [0.25, 0.3) is 0 Å². The maximum atomic E-state index is 6.14. The highest BCUT2D eigenvalue weighted by Crippen LogP contribution is 2.39. The van der Waals surface area contributed by atoms with Crippen LogP contribution in [0.3, 0.4) is 0 Å². The Bertz CT molecular complexity index is 551. The number of benzene rings is 1. The molecule has 1 heterocycles. The molecule has 0 spiro atoms. The van der Waals surface area contributed by atoms with Crippen molar-refractivity contribution in [3.05, 3.63) is 34.7 Å². The molecule has 5 heteroatoms. The summed E-state index contributed by atoms with van der Waals surface area (Å²) in [5, 5.41) is 5.45. The Morgan fingerprint density at radius 2 is 2.24 bits per heavy atom. The van der Waals surface area contributed by atoms with E-state index in [1.54, 1.807) is 0 Å². The zero-order valence-corrected chi connectivity index (χ0v) is 11.3. The van der Waals surface area contributed by atoms with Crippen molar-refractivity contribution < 1.29 is 4.52 Å². The molecule has 1 aliphatic carbocycles. The van der Waals surface area contributed by atoms with Gasteiger partial charge in [-0.05, 0) is 24.5 Å². The molecule has 0 aliphatic heterocycles. The number of rotatable bonds is 3. The average molecular weight is 314 g/mol. The first-order valence-corrected chi connectivity index (χ1v) is 6.96. The zero-order valence-electron chi connectivity index (χ0n) is 8.99. The molecule has 0 saturated heterocycles. The fourth-order valence-electron chi connectivity index (χ4n) is 1.64. The van der Waals surface area contributed by atoms with Gasteiger partial charge in [0.1, 0.15) is 0 Å². The van der Waals surface area contributed by atoms with Crippen molar-refractivity contribution in [1.29, 1.82) is 0 Å². The van der Waals surface area contributed by atoms with E-state index in [0.717, 1.165) is 40.2 Å². The maximum absolute atomic E-state index is 6.14. The molecule has 88 valence electrons. The highest BCUT2D eigenvalue weighted by atomic mass is 79.9. The molecule has 1 saturated carbocycles. The molecule has 1 fully saturated rings. The lowest BCUT2D eigenvalue weighted by molar-refractivity contribution is 0.380. The first-order valence-electron chi connectivity index (χ1n) is 5.46. The highest BCUT2D eigenvalue weighted by molar-refractivity contribution is 9.08. The largest absolute Gasteiger partial charge is 0.339 e. The number of halogens is 2. The predicted octanol–water partition coefficient (Wildman–Crippen LogP) is 4.16. The van der Waals surface area contributed by atoms with Gasteiger partial charge in [0.15, 0.2) is 0 Å². The van der Waals surface area contributed by atoms with Gasteiger partial charge in [-0.3, -0.25) is 0 Å². The van der Waals surface area contributed by atoms with Gasteiger partial charge in [0.2, 0.25) is 11.7 Å². The number of hydrogen-bond donors (Lipinski definition) is 0. The van der Waals surface area contributed by atoms with Crippen molar-refractivity contribution in [1.82, 2.24) is 10.1 Å². The summed E-state index contributed by atoms with van der Waals surface area (Å²) in [6.07, 6.45) is 2.32. The molecule has 0 bridgehead atoms. The molecular formula is C12H10BrClN2O. The van der Waals surface area contributed by atoms with Crippen LogP contribution in [0.25, 0.3) is 11.4 Å². The second-order valence-corrected chi connectivity index (χ2v) is 5.14. The fourth-order valence-corrected chi connectivity index (χ4v) is 2.54. The summed E-state index contributed by atoms with van der Waals surface area (Å²) in [5.41, 5.74) is 1.96. The SMILES string of the molecule is Clc1cc(-c2noc(C3CC3)n2)ccc1CBr. The van der Waals surface area contributed by atoms with E-state index in [1.807, 2.05) is 18.2 Å². The summed E-state index contributed by atoms with van der Waals surface area (Å²) in [5.74, 6) is 1.85. The lowest BCUT2D eigenvalue weighted by Gasteiger charge is -2.01. The standard InChI is InChI=1S/C12H10BrClN2O/c13-6-9-4-3-8(5-10(9)14)11-15-12(17-16-11)7-1-2-7/h3-5,7H,1-2,6H2. The van der Waals surface area contributed by atoms with E-state index in [-0.39, 0.29) is 0 Å². The van der Waals surface area contributed by atoms with Gasteiger partial charge in [-0.25, -0.2) is 0 Å². The lowest BCUT2D eigenvalue weighted by Crippen LogP contribution is -1.85. The molecule has 0 unspecified atom stereocenters. The molecule has 3 nitrogen and oxygen atoms in total. The Morgan fingerprint density at radius 3 is 2.88 bits per heavy atom. The minimum atomic E-state index is 0.480. The van der Waals surface area contributed by atoms with Crippen LogP contribution in [0.5, 0.6) is 0 Å². The third-order valence-corrected chi connectivity index (χ3v) is 3.78. The van der Waals surface area contributed by atoms with Crippen LogP contribution in [-0.2, 0) is 5.33 Å². The highest BCUT2D eigenvalue weighted by Gasteiger charge is 2.29. The van der Waals surface area contributed by atoms with E-state index < -0.39 is 0 Å². The average Bonchev–Trinajstić information content (AvgIpc) is 3.07. The normalized spacial score (nSPS) is 15.2. The van der Waals surface area contributed by atoms with Crippen molar-refractivity contribution in [3.63, 3.8) is 0 Å². The van der Waals surface area contributed by atoms with Crippen molar-refractivity contribution in [2.75, 3.05) is 0 Å². The summed E-state index contributed by atoms with van der Waals surface area (Å²) in [6, 6.07) is 5.81. The van der Waals surface area contributed by atoms with Crippen LogP contribution >= 0.6 is 27.5 Å². The van der Waals surface area contributed by atoms with Crippen LogP contribution < -0.4 is 0 Å². The first kappa shape index (κ1) is 11.2. The molecule has 2 aromatic rings. The number of hydrogen-bond acceptors (Lipinski definition) is 3. The third-order valence-electron chi connectivity index (χ3n) is 2.82. The van der Waals surface area contributed by atoms with E-state index >= 15 is 0 Å². The minimum Gasteiger partial charge on any atom is -0.339 e. The molecule has 1 aliphatic rings. The van der Waals surface area contributed by atoms with Crippen LogP contribution in [0.1, 0.15) is 30.2 Å². The minimum absolute atomic E-state index is 0.480. The Hall–Kier alpha value is -0.870. The maximum Gasteiger partial charge on any atom is 0.230 e. The van der Waals surface area contributed by atoms with Gasteiger partial charge in [-0.1, -0.05) is 44.8 Å². The van der Waals surface area contributed by atoms with E-state index in [1.165, 1.54) is 0 Å². The van der Waals surface area contributed by atoms with Crippen molar-refractivity contribution >= 4 is 27.5 Å². The summed E-state index contributed by atoms with van der Waals surface area (Å²) in [6.45, 7) is 0. The number of alkyl halides is 1. The van der Waals surface area contributed by atoms with Crippen molar-refractivity contribution in [2.45, 2.75) is 24.1 Å². The predicted molar refractivity (Wildman–Crippen MR) is 69.4 cm³/mol. The van der Waals surface area contributed by atoms with Gasteiger partial charge < -0.3 is 4.52 Å². The molecule has 1 aromatic heterocycles. The first-order chi connectivity index (χ1) is 8.28. The molecule has 17 heavy (non-hydrogen) atoms. The van der Waals surface area contributed by atoms with E-state index in [4.69, 9.17) is 16.1 Å². The Balaban J connectivity index is 1.93. The lowest BCUT2D eigenvalue weighted by atomic mass is 10.1. The second-order valence-electron chi connectivity index (χ2n) is 4.17. The van der Waals surface area contributed by atoms with Crippen LogP contribution in [0, 0.1) is 0 Å². The smallest absolute Gasteiger partial charge is 0.230 e. The fraction of sp³-hybridized carbons (Fsp3) is 0.333. The Kier molecular flexibility index (Phi) is 2.92. The van der Waals surface area contributed by atoms with Crippen molar-refractivity contribution in [2.24, 2.45) is 0 Å². The molecule has 1 aromatic carbocycles. The molecule has 3 rings (SSSR count). The number of nitrogens with zero attached hydrogens (tertiary/aromatic N) is 2. The Labute approximate surface area is 112 Å². The summed E-state index contributed by atoms with van der Waals surface area (Å²) in [7, 11) is 0. The van der Waals surface area contributed by atoms with E-state index in [9.17, 15) is 0 Å². The third kappa shape index (κ3) is 2.24. The molecule has 0 atom stereocenters. The zero-order chi connectivity index (χ0) is 11.8. The van der Waals surface area contributed by atoms with Gasteiger partial charge >= 0.3 is 0 Å². The monoisotopic (exact) mass is 312 g/mol.